The van der Waals surface area contributed by atoms with Gasteiger partial charge >= 0.3 is 19.8 Å². The molecule has 0 saturated carbocycles. The zero-order chi connectivity index (χ0) is 41.4. The van der Waals surface area contributed by atoms with Crippen LogP contribution >= 0.6 is 7.82 Å². The van der Waals surface area contributed by atoms with E-state index in [2.05, 4.69) is 92.1 Å². The number of aliphatic hydroxyl groups is 1. The Hall–Kier alpha value is -3.08. The van der Waals surface area contributed by atoms with Crippen molar-refractivity contribution in [2.24, 2.45) is 0 Å². The molecule has 0 aliphatic rings. The number of phosphoric acid groups is 1. The van der Waals surface area contributed by atoms with Crippen molar-refractivity contribution in [1.82, 2.24) is 5.32 Å². The number of nitrogens with one attached hydrogen (secondary N) is 1. The Morgan fingerprint density at radius 2 is 1.02 bits per heavy atom. The number of allylic oxidation sites excluding steroid dienone is 12. The largest absolute Gasteiger partial charge is 0.480 e. The Bertz CT molecular complexity index is 1230. The third-order valence-electron chi connectivity index (χ3n) is 8.45. The molecule has 11 nitrogen and oxygen atoms in total. The summed E-state index contributed by atoms with van der Waals surface area (Å²) in [6, 6.07) is -1.57. The zero-order valence-electron chi connectivity index (χ0n) is 34.4. The number of carbonyl (C=O) groups is 3. The van der Waals surface area contributed by atoms with Gasteiger partial charge in [-0.15, -0.1) is 0 Å². The molecule has 0 aliphatic carbocycles. The molecule has 0 rings (SSSR count). The van der Waals surface area contributed by atoms with E-state index in [1.165, 1.54) is 25.7 Å². The number of ether oxygens (including phenoxy) is 1. The van der Waals surface area contributed by atoms with Gasteiger partial charge in [0.05, 0.1) is 13.2 Å². The first kappa shape index (κ1) is 52.9. The minimum absolute atomic E-state index is 0.103. The lowest BCUT2D eigenvalue weighted by molar-refractivity contribution is -0.147. The highest BCUT2D eigenvalue weighted by atomic mass is 31.2. The summed E-state index contributed by atoms with van der Waals surface area (Å²) < 4.78 is 26.8. The second-order valence-electron chi connectivity index (χ2n) is 13.8. The van der Waals surface area contributed by atoms with Crippen molar-refractivity contribution in [2.75, 3.05) is 19.8 Å². The van der Waals surface area contributed by atoms with Crippen molar-refractivity contribution >= 4 is 25.7 Å². The van der Waals surface area contributed by atoms with E-state index < -0.39 is 57.6 Å². The lowest BCUT2D eigenvalue weighted by Gasteiger charge is -2.18. The van der Waals surface area contributed by atoms with Crippen LogP contribution in [0.1, 0.15) is 155 Å². The summed E-state index contributed by atoms with van der Waals surface area (Å²) in [6.45, 7) is 2.44. The van der Waals surface area contributed by atoms with Crippen molar-refractivity contribution in [1.29, 1.82) is 0 Å². The third kappa shape index (κ3) is 37.8. The molecule has 0 aromatic rings. The van der Waals surface area contributed by atoms with E-state index in [1.54, 1.807) is 0 Å². The topological polar surface area (TPSA) is 169 Å². The van der Waals surface area contributed by atoms with Crippen LogP contribution in [0, 0.1) is 0 Å². The minimum Gasteiger partial charge on any atom is -0.480 e. The number of unbranched alkanes of at least 4 members (excludes halogenated alkanes) is 12. The molecule has 0 radical (unpaired) electrons. The molecule has 3 atom stereocenters. The molecule has 0 aromatic heterocycles. The third-order valence-corrected chi connectivity index (χ3v) is 9.40. The summed E-state index contributed by atoms with van der Waals surface area (Å²) in [5, 5.41) is 21.8. The van der Waals surface area contributed by atoms with Crippen LogP contribution in [-0.4, -0.2) is 64.9 Å². The first-order chi connectivity index (χ1) is 27.1. The van der Waals surface area contributed by atoms with Gasteiger partial charge in [-0.2, -0.15) is 0 Å². The van der Waals surface area contributed by atoms with Crippen molar-refractivity contribution in [3.8, 4) is 0 Å². The van der Waals surface area contributed by atoms with Gasteiger partial charge in [0.1, 0.15) is 12.7 Å². The van der Waals surface area contributed by atoms with Crippen LogP contribution in [0.2, 0.25) is 0 Å². The van der Waals surface area contributed by atoms with Crippen LogP contribution in [0.4, 0.5) is 0 Å². The minimum atomic E-state index is -4.77. The summed E-state index contributed by atoms with van der Waals surface area (Å²) in [5.41, 5.74) is 0. The smallest absolute Gasteiger partial charge is 0.472 e. The molecule has 1 amide bonds. The zero-order valence-corrected chi connectivity index (χ0v) is 35.3. The van der Waals surface area contributed by atoms with Gasteiger partial charge in [0.2, 0.25) is 5.91 Å². The number of rotatable bonds is 38. The van der Waals surface area contributed by atoms with Crippen molar-refractivity contribution in [2.45, 2.75) is 167 Å². The summed E-state index contributed by atoms with van der Waals surface area (Å²) in [4.78, 5) is 45.8. The van der Waals surface area contributed by atoms with Crippen LogP contribution in [0.3, 0.4) is 0 Å². The predicted octanol–water partition coefficient (Wildman–Crippen LogP) is 10.6. The SMILES string of the molecule is CCC/C=C\C/C=C\CCCCCCCC(=O)OCC(O)COP(=O)(O)OCC(NC(=O)CCCCC/C=C\C/C=C\C/C=C\C/C=C\CCCCC)C(=O)O. The van der Waals surface area contributed by atoms with Gasteiger partial charge in [0, 0.05) is 12.8 Å². The first-order valence-electron chi connectivity index (χ1n) is 21.0. The highest BCUT2D eigenvalue weighted by molar-refractivity contribution is 7.47. The standard InChI is InChI=1S/C44H74NO10P/c1-3-5-7-9-11-13-15-17-18-19-20-21-22-24-25-27-29-31-33-35-42(47)45-41(44(49)50)39-55-56(51,52)54-38-40(46)37-53-43(48)36-34-32-30-28-26-23-16-14-12-10-8-6-4-2/h8,10-11,13-14,16-18,20-21,24-25,40-41,46H,3-7,9,12,15,19,22-23,26-39H2,1-2H3,(H,45,47)(H,49,50)(H,51,52)/b10-8-,13-11-,16-14-,18-17-,21-20-,25-24-. The Kier molecular flexibility index (Phi) is 36.6. The van der Waals surface area contributed by atoms with Gasteiger partial charge in [-0.25, -0.2) is 9.36 Å². The van der Waals surface area contributed by atoms with Crippen molar-refractivity contribution in [3.05, 3.63) is 72.9 Å². The lowest BCUT2D eigenvalue weighted by atomic mass is 10.1. The molecule has 0 aliphatic heterocycles. The number of amides is 1. The predicted molar refractivity (Wildman–Crippen MR) is 226 cm³/mol. The van der Waals surface area contributed by atoms with E-state index in [0.29, 0.717) is 12.8 Å². The number of hydrogen-bond acceptors (Lipinski definition) is 8. The summed E-state index contributed by atoms with van der Waals surface area (Å²) in [5.74, 6) is -2.44. The maximum Gasteiger partial charge on any atom is 0.472 e. The monoisotopic (exact) mass is 808 g/mol. The normalized spacial score (nSPS) is 14.5. The van der Waals surface area contributed by atoms with Gasteiger partial charge in [0.25, 0.3) is 0 Å². The lowest BCUT2D eigenvalue weighted by Crippen LogP contribution is -2.43. The van der Waals surface area contributed by atoms with Crippen LogP contribution in [0.15, 0.2) is 72.9 Å². The molecular formula is C44H74NO10P. The number of aliphatic hydroxyl groups excluding tert-OH is 1. The summed E-state index contributed by atoms with van der Waals surface area (Å²) >= 11 is 0. The Balaban J connectivity index is 4.02. The number of phosphoric ester groups is 1. The molecule has 3 unspecified atom stereocenters. The van der Waals surface area contributed by atoms with Crippen LogP contribution in [0.25, 0.3) is 0 Å². The summed E-state index contributed by atoms with van der Waals surface area (Å²) in [6.07, 6.45) is 45.0. The highest BCUT2D eigenvalue weighted by Gasteiger charge is 2.28. The second kappa shape index (κ2) is 38.8. The Labute approximate surface area is 338 Å². The molecule has 4 N–H and O–H groups in total. The van der Waals surface area contributed by atoms with Gasteiger partial charge in [-0.3, -0.25) is 18.6 Å². The van der Waals surface area contributed by atoms with E-state index in [-0.39, 0.29) is 12.8 Å². The fourth-order valence-electron chi connectivity index (χ4n) is 5.16. The fraction of sp³-hybridized carbons (Fsp3) is 0.659. The second-order valence-corrected chi connectivity index (χ2v) is 15.3. The van der Waals surface area contributed by atoms with Gasteiger partial charge in [-0.1, -0.05) is 132 Å². The van der Waals surface area contributed by atoms with Crippen LogP contribution < -0.4 is 5.32 Å². The maximum atomic E-state index is 12.3. The van der Waals surface area contributed by atoms with E-state index in [0.717, 1.165) is 89.9 Å². The molecule has 320 valence electrons. The van der Waals surface area contributed by atoms with E-state index in [9.17, 15) is 34.1 Å². The van der Waals surface area contributed by atoms with E-state index in [4.69, 9.17) is 13.8 Å². The van der Waals surface area contributed by atoms with Gasteiger partial charge < -0.3 is 25.2 Å². The van der Waals surface area contributed by atoms with Crippen LogP contribution in [-0.2, 0) is 32.7 Å². The van der Waals surface area contributed by atoms with Gasteiger partial charge in [-0.05, 0) is 83.5 Å². The number of hydrogen-bond donors (Lipinski definition) is 4. The number of carboxylic acid groups (broad SMARTS) is 1. The van der Waals surface area contributed by atoms with Gasteiger partial charge in [0.15, 0.2) is 6.04 Å². The molecule has 56 heavy (non-hydrogen) atoms. The van der Waals surface area contributed by atoms with Crippen molar-refractivity contribution in [3.63, 3.8) is 0 Å². The molecule has 0 fully saturated rings. The summed E-state index contributed by atoms with van der Waals surface area (Å²) in [7, 11) is -4.77. The van der Waals surface area contributed by atoms with E-state index in [1.807, 2.05) is 0 Å². The Morgan fingerprint density at radius 3 is 1.55 bits per heavy atom. The van der Waals surface area contributed by atoms with Crippen LogP contribution in [0.5, 0.6) is 0 Å². The maximum absolute atomic E-state index is 12.3. The molecular weight excluding hydrogens is 733 g/mol. The molecule has 0 heterocycles. The highest BCUT2D eigenvalue weighted by Crippen LogP contribution is 2.43. The average Bonchev–Trinajstić information content (AvgIpc) is 3.17. The quantitative estimate of drug-likeness (QED) is 0.0204. The molecule has 0 spiro atoms. The fourth-order valence-corrected chi connectivity index (χ4v) is 5.93. The molecule has 0 bridgehead atoms. The number of carbonyl (C=O) groups excluding carboxylic acids is 2. The van der Waals surface area contributed by atoms with E-state index >= 15 is 0 Å². The molecule has 12 heteroatoms. The average molecular weight is 808 g/mol. The molecule has 0 aromatic carbocycles. The first-order valence-corrected chi connectivity index (χ1v) is 22.5. The van der Waals surface area contributed by atoms with Crippen molar-refractivity contribution < 1.29 is 47.8 Å². The number of esters is 1. The number of aliphatic carboxylic acids is 1. The Morgan fingerprint density at radius 1 is 0.571 bits per heavy atom. The number of carboxylic acids is 1. The molecule has 0 saturated heterocycles.